The van der Waals surface area contributed by atoms with Gasteiger partial charge in [-0.15, -0.1) is 5.10 Å². The van der Waals surface area contributed by atoms with Gasteiger partial charge in [-0.1, -0.05) is 43.3 Å². The van der Waals surface area contributed by atoms with Crippen LogP contribution in [0, 0.1) is 0 Å². The molecule has 0 atom stereocenters. The van der Waals surface area contributed by atoms with E-state index in [1.165, 1.54) is 0 Å². The van der Waals surface area contributed by atoms with Gasteiger partial charge in [0, 0.05) is 11.0 Å². The minimum atomic E-state index is -0.0877. The number of hydrogen-bond acceptors (Lipinski definition) is 6. The molecular formula is C18H18N6O. The van der Waals surface area contributed by atoms with Gasteiger partial charge in [-0.3, -0.25) is 4.98 Å². The van der Waals surface area contributed by atoms with Gasteiger partial charge < -0.3 is 4.52 Å². The van der Waals surface area contributed by atoms with E-state index in [-0.39, 0.29) is 5.41 Å². The number of fused-ring (bicyclic) bond motifs is 1. The Bertz CT molecular complexity index is 1030. The fourth-order valence-corrected chi connectivity index (χ4v) is 2.74. The fraction of sp³-hybridized carbons (Fsp3) is 0.278. The first-order chi connectivity index (χ1) is 12.0. The second-order valence-corrected chi connectivity index (χ2v) is 6.98. The summed E-state index contributed by atoms with van der Waals surface area (Å²) in [5.74, 6) is 0. The normalized spacial score (nSPS) is 12.0. The number of rotatable bonds is 3. The molecule has 0 saturated carbocycles. The maximum atomic E-state index is 5.15. The molecule has 0 spiro atoms. The predicted octanol–water partition coefficient (Wildman–Crippen LogP) is 3.22. The van der Waals surface area contributed by atoms with Crippen molar-refractivity contribution in [2.24, 2.45) is 0 Å². The van der Waals surface area contributed by atoms with Crippen molar-refractivity contribution in [1.29, 1.82) is 0 Å². The van der Waals surface area contributed by atoms with Gasteiger partial charge in [0.2, 0.25) is 0 Å². The molecule has 0 bridgehead atoms. The van der Waals surface area contributed by atoms with Gasteiger partial charge in [-0.25, -0.2) is 9.67 Å². The minimum Gasteiger partial charge on any atom is -0.364 e. The van der Waals surface area contributed by atoms with Crippen LogP contribution < -0.4 is 0 Å². The molecule has 126 valence electrons. The van der Waals surface area contributed by atoms with Crippen molar-refractivity contribution in [3.63, 3.8) is 0 Å². The Labute approximate surface area is 144 Å². The smallest absolute Gasteiger partial charge is 0.133 e. The molecule has 4 aromatic rings. The largest absolute Gasteiger partial charge is 0.364 e. The molecule has 3 heterocycles. The molecule has 4 rings (SSSR count). The number of para-hydroxylation sites is 2. The molecule has 7 heteroatoms. The van der Waals surface area contributed by atoms with Crippen LogP contribution in [-0.2, 0) is 12.0 Å². The molecule has 1 aromatic carbocycles. The zero-order valence-corrected chi connectivity index (χ0v) is 14.3. The van der Waals surface area contributed by atoms with Crippen LogP contribution >= 0.6 is 0 Å². The molecule has 0 aliphatic heterocycles. The Hall–Kier alpha value is -3.09. The monoisotopic (exact) mass is 334 g/mol. The average molecular weight is 334 g/mol. The minimum absolute atomic E-state index is 0.0877. The van der Waals surface area contributed by atoms with E-state index in [2.05, 4.69) is 46.2 Å². The fourth-order valence-electron chi connectivity index (χ4n) is 2.74. The van der Waals surface area contributed by atoms with Gasteiger partial charge in [0.25, 0.3) is 0 Å². The first-order valence-electron chi connectivity index (χ1n) is 8.07. The maximum Gasteiger partial charge on any atom is 0.133 e. The highest BCUT2D eigenvalue weighted by atomic mass is 16.5. The van der Waals surface area contributed by atoms with Gasteiger partial charge in [0.05, 0.1) is 35.7 Å². The van der Waals surface area contributed by atoms with Gasteiger partial charge in [-0.05, 0) is 12.1 Å². The molecule has 0 radical (unpaired) electrons. The third-order valence-corrected chi connectivity index (χ3v) is 3.94. The highest BCUT2D eigenvalue weighted by Gasteiger charge is 2.22. The summed E-state index contributed by atoms with van der Waals surface area (Å²) in [6.45, 7) is 6.85. The van der Waals surface area contributed by atoms with E-state index in [9.17, 15) is 0 Å². The Morgan fingerprint density at radius 3 is 2.68 bits per heavy atom. The number of benzene rings is 1. The van der Waals surface area contributed by atoms with Crippen molar-refractivity contribution >= 4 is 11.0 Å². The van der Waals surface area contributed by atoms with E-state index in [1.807, 2.05) is 30.5 Å². The molecule has 0 N–H and O–H groups in total. The molecule has 7 nitrogen and oxygen atoms in total. The third-order valence-electron chi connectivity index (χ3n) is 3.94. The molecule has 0 saturated heterocycles. The Balaban J connectivity index is 1.63. The van der Waals surface area contributed by atoms with Gasteiger partial charge in [0.1, 0.15) is 17.7 Å². The van der Waals surface area contributed by atoms with Crippen molar-refractivity contribution in [2.75, 3.05) is 0 Å². The molecule has 0 aliphatic carbocycles. The second-order valence-electron chi connectivity index (χ2n) is 6.98. The molecule has 0 aliphatic rings. The lowest BCUT2D eigenvalue weighted by molar-refractivity contribution is 0.393. The molecule has 0 unspecified atom stereocenters. The summed E-state index contributed by atoms with van der Waals surface area (Å²) in [5, 5.41) is 12.5. The lowest BCUT2D eigenvalue weighted by Gasteiger charge is -2.16. The summed E-state index contributed by atoms with van der Waals surface area (Å²) in [7, 11) is 0. The number of hydrogen-bond donors (Lipinski definition) is 0. The van der Waals surface area contributed by atoms with Crippen LogP contribution in [0.15, 0.2) is 47.4 Å². The van der Waals surface area contributed by atoms with Crippen molar-refractivity contribution in [3.8, 4) is 11.4 Å². The Morgan fingerprint density at radius 1 is 1.08 bits per heavy atom. The quantitative estimate of drug-likeness (QED) is 0.572. The van der Waals surface area contributed by atoms with Crippen LogP contribution in [0.25, 0.3) is 22.4 Å². The first kappa shape index (κ1) is 15.4. The van der Waals surface area contributed by atoms with Crippen LogP contribution in [0.4, 0.5) is 0 Å². The summed E-state index contributed by atoms with van der Waals surface area (Å²) in [6.07, 6.45) is 5.24. The predicted molar refractivity (Wildman–Crippen MR) is 92.9 cm³/mol. The molecule has 25 heavy (non-hydrogen) atoms. The van der Waals surface area contributed by atoms with Gasteiger partial charge >= 0.3 is 0 Å². The van der Waals surface area contributed by atoms with Gasteiger partial charge in [0.15, 0.2) is 0 Å². The van der Waals surface area contributed by atoms with E-state index in [0.29, 0.717) is 17.9 Å². The third kappa shape index (κ3) is 3.00. The van der Waals surface area contributed by atoms with Crippen LogP contribution in [0.5, 0.6) is 0 Å². The summed E-state index contributed by atoms with van der Waals surface area (Å²) in [4.78, 5) is 9.03. The highest BCUT2D eigenvalue weighted by molar-refractivity contribution is 5.76. The molecule has 3 aromatic heterocycles. The zero-order chi connectivity index (χ0) is 17.4. The van der Waals surface area contributed by atoms with Crippen molar-refractivity contribution in [3.05, 3.63) is 54.2 Å². The zero-order valence-electron chi connectivity index (χ0n) is 14.3. The number of nitrogens with zero attached hydrogens (tertiary/aromatic N) is 6. The molecule has 0 amide bonds. The average Bonchev–Trinajstić information content (AvgIpc) is 3.24. The van der Waals surface area contributed by atoms with Crippen LogP contribution in [-0.4, -0.2) is 30.1 Å². The van der Waals surface area contributed by atoms with Crippen LogP contribution in [0.2, 0.25) is 0 Å². The van der Waals surface area contributed by atoms with E-state index in [1.54, 1.807) is 17.1 Å². The highest BCUT2D eigenvalue weighted by Crippen LogP contribution is 2.25. The van der Waals surface area contributed by atoms with Crippen LogP contribution in [0.3, 0.4) is 0 Å². The Kier molecular flexibility index (Phi) is 3.56. The summed E-state index contributed by atoms with van der Waals surface area (Å²) >= 11 is 0. The van der Waals surface area contributed by atoms with Crippen molar-refractivity contribution in [1.82, 2.24) is 30.1 Å². The summed E-state index contributed by atoms with van der Waals surface area (Å²) in [5.41, 5.74) is 4.92. The topological polar surface area (TPSA) is 82.5 Å². The number of aromatic nitrogens is 6. The van der Waals surface area contributed by atoms with Crippen LogP contribution in [0.1, 0.15) is 32.0 Å². The lowest BCUT2D eigenvalue weighted by atomic mass is 9.89. The second kappa shape index (κ2) is 5.77. The maximum absolute atomic E-state index is 5.15. The van der Waals surface area contributed by atoms with E-state index >= 15 is 0 Å². The molecule has 0 fully saturated rings. The lowest BCUT2D eigenvalue weighted by Crippen LogP contribution is -2.15. The first-order valence-corrected chi connectivity index (χ1v) is 8.07. The van der Waals surface area contributed by atoms with Crippen molar-refractivity contribution in [2.45, 2.75) is 32.7 Å². The Morgan fingerprint density at radius 2 is 1.88 bits per heavy atom. The van der Waals surface area contributed by atoms with E-state index < -0.39 is 0 Å². The standard InChI is InChI=1S/C18H18N6O/c1-18(2,3)17-12(11-25-22-17)9-24-10-16(21-23-24)15-8-19-13-6-4-5-7-14(13)20-15/h4-8,10-11H,9H2,1-3H3. The summed E-state index contributed by atoms with van der Waals surface area (Å²) < 4.78 is 6.91. The molecular weight excluding hydrogens is 316 g/mol. The SMILES string of the molecule is CC(C)(C)c1nocc1Cn1cc(-c2cnc3ccccc3n2)nn1. The summed E-state index contributed by atoms with van der Waals surface area (Å²) in [6, 6.07) is 7.75. The van der Waals surface area contributed by atoms with E-state index in [4.69, 9.17) is 4.52 Å². The van der Waals surface area contributed by atoms with Gasteiger partial charge in [-0.2, -0.15) is 0 Å². The van der Waals surface area contributed by atoms with E-state index in [0.717, 1.165) is 22.3 Å². The van der Waals surface area contributed by atoms with Crippen molar-refractivity contribution < 1.29 is 4.52 Å².